The van der Waals surface area contributed by atoms with Crippen LogP contribution in [0.25, 0.3) is 0 Å². The number of amides is 1. The highest BCUT2D eigenvalue weighted by Gasteiger charge is 2.46. The largest absolute Gasteiger partial charge is 0.497 e. The van der Waals surface area contributed by atoms with Gasteiger partial charge in [0.05, 0.1) is 26.4 Å². The van der Waals surface area contributed by atoms with Gasteiger partial charge in [-0.15, -0.1) is 24.8 Å². The van der Waals surface area contributed by atoms with Crippen LogP contribution < -0.4 is 10.1 Å². The summed E-state index contributed by atoms with van der Waals surface area (Å²) in [6.45, 7) is 7.15. The summed E-state index contributed by atoms with van der Waals surface area (Å²) in [5.41, 5.74) is 1.22. The predicted octanol–water partition coefficient (Wildman–Crippen LogP) is 1.98. The summed E-state index contributed by atoms with van der Waals surface area (Å²) >= 11 is 0. The summed E-state index contributed by atoms with van der Waals surface area (Å²) in [5.74, 6) is 2.22. The van der Waals surface area contributed by atoms with Crippen molar-refractivity contribution in [3.05, 3.63) is 29.8 Å². The van der Waals surface area contributed by atoms with E-state index in [1.54, 1.807) is 7.11 Å². The van der Waals surface area contributed by atoms with Crippen LogP contribution in [-0.2, 0) is 9.53 Å². The first-order valence-electron chi connectivity index (χ1n) is 9.70. The third-order valence-corrected chi connectivity index (χ3v) is 6.09. The number of fused-ring (bicyclic) bond motifs is 1. The Morgan fingerprint density at radius 2 is 1.89 bits per heavy atom. The van der Waals surface area contributed by atoms with Gasteiger partial charge in [0.1, 0.15) is 5.75 Å². The van der Waals surface area contributed by atoms with E-state index in [1.807, 2.05) is 12.1 Å². The number of carbonyl (C=O) groups excluding carboxylic acids is 1. The summed E-state index contributed by atoms with van der Waals surface area (Å²) in [7, 11) is 1.68. The van der Waals surface area contributed by atoms with E-state index in [4.69, 9.17) is 9.47 Å². The second-order valence-corrected chi connectivity index (χ2v) is 7.55. The molecule has 4 rings (SSSR count). The molecule has 0 aromatic heterocycles. The van der Waals surface area contributed by atoms with Crippen LogP contribution in [0.5, 0.6) is 5.75 Å². The number of carbonyl (C=O) groups is 1. The molecule has 0 saturated carbocycles. The number of hydrogen-bond donors (Lipinski definition) is 1. The monoisotopic (exact) mass is 431 g/mol. The van der Waals surface area contributed by atoms with Crippen molar-refractivity contribution in [1.29, 1.82) is 0 Å². The summed E-state index contributed by atoms with van der Waals surface area (Å²) in [6, 6.07) is 8.42. The number of rotatable bonds is 5. The minimum absolute atomic E-state index is 0. The summed E-state index contributed by atoms with van der Waals surface area (Å²) < 4.78 is 10.7. The van der Waals surface area contributed by atoms with E-state index in [1.165, 1.54) is 5.56 Å². The molecule has 1 aromatic carbocycles. The van der Waals surface area contributed by atoms with Crippen LogP contribution in [0.3, 0.4) is 0 Å². The van der Waals surface area contributed by atoms with Crippen LogP contribution in [0.1, 0.15) is 18.0 Å². The van der Waals surface area contributed by atoms with Crippen LogP contribution in [0.15, 0.2) is 24.3 Å². The van der Waals surface area contributed by atoms with Crippen molar-refractivity contribution in [2.75, 3.05) is 59.6 Å². The third kappa shape index (κ3) is 4.92. The number of morpholine rings is 1. The number of methoxy groups -OCH3 is 1. The fourth-order valence-electron chi connectivity index (χ4n) is 4.63. The third-order valence-electron chi connectivity index (χ3n) is 6.09. The molecule has 3 atom stereocenters. The second-order valence-electron chi connectivity index (χ2n) is 7.55. The molecule has 1 amide bonds. The molecule has 158 valence electrons. The van der Waals surface area contributed by atoms with E-state index < -0.39 is 0 Å². The molecule has 3 fully saturated rings. The molecule has 6 nitrogen and oxygen atoms in total. The quantitative estimate of drug-likeness (QED) is 0.772. The molecular weight excluding hydrogens is 401 g/mol. The Morgan fingerprint density at radius 3 is 2.57 bits per heavy atom. The van der Waals surface area contributed by atoms with Gasteiger partial charge in [-0.1, -0.05) is 12.1 Å². The maximum absolute atomic E-state index is 13.0. The van der Waals surface area contributed by atoms with Gasteiger partial charge >= 0.3 is 0 Å². The average molecular weight is 432 g/mol. The Balaban J connectivity index is 0.00000140. The number of likely N-dealkylation sites (tertiary alicyclic amines) is 1. The zero-order chi connectivity index (χ0) is 17.9. The molecular formula is C20H31Cl2N3O3. The Hall–Kier alpha value is -1.05. The normalized spacial score (nSPS) is 26.9. The van der Waals surface area contributed by atoms with Gasteiger partial charge in [0.15, 0.2) is 0 Å². The lowest BCUT2D eigenvalue weighted by molar-refractivity contribution is -0.133. The lowest BCUT2D eigenvalue weighted by Crippen LogP contribution is -2.40. The number of hydrogen-bond acceptors (Lipinski definition) is 5. The highest BCUT2D eigenvalue weighted by molar-refractivity contribution is 5.85. The standard InChI is InChI=1S/C20H29N3O3.2ClH/c1-25-17-4-2-15(3-5-17)20-18-13-21-12-16(18)14-23(20)19(24)6-7-22-8-10-26-11-9-22;;/h2-5,16,18,20-21H,6-14H2,1H3;2*1H/t16-,18-,20+;;/m0../s1. The molecule has 0 unspecified atom stereocenters. The average Bonchev–Trinajstić information content (AvgIpc) is 3.28. The summed E-state index contributed by atoms with van der Waals surface area (Å²) in [6.07, 6.45) is 0.597. The minimum Gasteiger partial charge on any atom is -0.497 e. The maximum Gasteiger partial charge on any atom is 0.224 e. The Kier molecular flexibility index (Phi) is 8.83. The van der Waals surface area contributed by atoms with Crippen molar-refractivity contribution >= 4 is 30.7 Å². The first kappa shape index (κ1) is 23.2. The van der Waals surface area contributed by atoms with Crippen LogP contribution >= 0.6 is 24.8 Å². The lowest BCUT2D eigenvalue weighted by atomic mass is 9.89. The number of nitrogens with one attached hydrogen (secondary N) is 1. The van der Waals surface area contributed by atoms with Gasteiger partial charge in [0, 0.05) is 51.6 Å². The molecule has 1 aromatic rings. The summed E-state index contributed by atoms with van der Waals surface area (Å²) in [4.78, 5) is 17.5. The number of benzene rings is 1. The fraction of sp³-hybridized carbons (Fsp3) is 0.650. The molecule has 28 heavy (non-hydrogen) atoms. The van der Waals surface area contributed by atoms with Gasteiger partial charge in [0.25, 0.3) is 0 Å². The highest BCUT2D eigenvalue weighted by Crippen LogP contribution is 2.43. The van der Waals surface area contributed by atoms with E-state index in [2.05, 4.69) is 27.2 Å². The van der Waals surface area contributed by atoms with Gasteiger partial charge in [-0.3, -0.25) is 9.69 Å². The SMILES string of the molecule is COc1ccc([C@@H]2[C@H]3CNC[C@H]3CN2C(=O)CCN2CCOCC2)cc1.Cl.Cl. The molecule has 0 radical (unpaired) electrons. The topological polar surface area (TPSA) is 54.0 Å². The zero-order valence-corrected chi connectivity index (χ0v) is 18.0. The van der Waals surface area contributed by atoms with E-state index in [0.29, 0.717) is 18.3 Å². The molecule has 0 aliphatic carbocycles. The number of nitrogens with zero attached hydrogens (tertiary/aromatic N) is 2. The van der Waals surface area contributed by atoms with Gasteiger partial charge in [-0.25, -0.2) is 0 Å². The van der Waals surface area contributed by atoms with Crippen LogP contribution in [0.2, 0.25) is 0 Å². The van der Waals surface area contributed by atoms with E-state index >= 15 is 0 Å². The van der Waals surface area contributed by atoms with Crippen LogP contribution in [0, 0.1) is 11.8 Å². The smallest absolute Gasteiger partial charge is 0.224 e. The molecule has 8 heteroatoms. The second kappa shape index (κ2) is 10.6. The highest BCUT2D eigenvalue weighted by atomic mass is 35.5. The fourth-order valence-corrected chi connectivity index (χ4v) is 4.63. The van der Waals surface area contributed by atoms with Crippen molar-refractivity contribution in [2.24, 2.45) is 11.8 Å². The number of halogens is 2. The molecule has 1 N–H and O–H groups in total. The van der Waals surface area contributed by atoms with Crippen molar-refractivity contribution < 1.29 is 14.3 Å². The van der Waals surface area contributed by atoms with Crippen molar-refractivity contribution in [1.82, 2.24) is 15.1 Å². The lowest BCUT2D eigenvalue weighted by Gasteiger charge is -2.30. The predicted molar refractivity (Wildman–Crippen MR) is 114 cm³/mol. The zero-order valence-electron chi connectivity index (χ0n) is 16.3. The van der Waals surface area contributed by atoms with Crippen LogP contribution in [-0.4, -0.2) is 75.3 Å². The van der Waals surface area contributed by atoms with Crippen molar-refractivity contribution in [2.45, 2.75) is 12.5 Å². The molecule has 3 aliphatic rings. The first-order chi connectivity index (χ1) is 12.8. The van der Waals surface area contributed by atoms with Gasteiger partial charge in [0.2, 0.25) is 5.91 Å². The van der Waals surface area contributed by atoms with Gasteiger partial charge < -0.3 is 19.7 Å². The Labute approximate surface area is 179 Å². The van der Waals surface area contributed by atoms with Gasteiger partial charge in [-0.05, 0) is 23.6 Å². The van der Waals surface area contributed by atoms with E-state index in [-0.39, 0.29) is 36.8 Å². The Bertz CT molecular complexity index is 626. The van der Waals surface area contributed by atoms with Crippen molar-refractivity contribution in [3.8, 4) is 5.75 Å². The Morgan fingerprint density at radius 1 is 1.18 bits per heavy atom. The first-order valence-corrected chi connectivity index (χ1v) is 9.70. The number of ether oxygens (including phenoxy) is 2. The van der Waals surface area contributed by atoms with E-state index in [0.717, 1.165) is 58.2 Å². The summed E-state index contributed by atoms with van der Waals surface area (Å²) in [5, 5.41) is 3.50. The maximum atomic E-state index is 13.0. The van der Waals surface area contributed by atoms with Gasteiger partial charge in [-0.2, -0.15) is 0 Å². The van der Waals surface area contributed by atoms with E-state index in [9.17, 15) is 4.79 Å². The van der Waals surface area contributed by atoms with Crippen molar-refractivity contribution in [3.63, 3.8) is 0 Å². The molecule has 0 bridgehead atoms. The van der Waals surface area contributed by atoms with Crippen LogP contribution in [0.4, 0.5) is 0 Å². The molecule has 3 saturated heterocycles. The molecule has 3 heterocycles. The minimum atomic E-state index is 0. The molecule has 0 spiro atoms. The molecule has 3 aliphatic heterocycles.